The molecule has 0 bridgehead atoms. The Labute approximate surface area is 139 Å². The van der Waals surface area contributed by atoms with E-state index in [2.05, 4.69) is 4.74 Å². The summed E-state index contributed by atoms with van der Waals surface area (Å²) in [5, 5.41) is 18.3. The van der Waals surface area contributed by atoms with Crippen molar-refractivity contribution in [3.05, 3.63) is 29.3 Å². The van der Waals surface area contributed by atoms with E-state index in [1.54, 1.807) is 0 Å². The van der Waals surface area contributed by atoms with Crippen LogP contribution in [0.5, 0.6) is 5.75 Å². The molecule has 0 spiro atoms. The molecule has 1 saturated heterocycles. The van der Waals surface area contributed by atoms with Gasteiger partial charge >= 0.3 is 25.4 Å². The van der Waals surface area contributed by atoms with Gasteiger partial charge in [0.05, 0.1) is 0 Å². The number of cyclic esters (lactones) is 2. The largest absolute Gasteiger partial charge is 0.573 e. The fourth-order valence-electron chi connectivity index (χ4n) is 1.99. The van der Waals surface area contributed by atoms with E-state index in [0.29, 0.717) is 0 Å². The predicted octanol–water partition coefficient (Wildman–Crippen LogP) is 0.484. The lowest BCUT2D eigenvalue weighted by molar-refractivity contribution is -0.274. The predicted molar refractivity (Wildman–Crippen MR) is 77.2 cm³/mol. The van der Waals surface area contributed by atoms with Crippen LogP contribution < -0.4 is 10.2 Å². The van der Waals surface area contributed by atoms with Gasteiger partial charge in [0, 0.05) is 19.4 Å². The SMILES string of the molecule is CC1(C)OC(=O)C(=Cc2cc(B(O)O)ccc2OC(F)(F)F)C(=O)O1. The summed E-state index contributed by atoms with van der Waals surface area (Å²) in [7, 11) is -1.98. The number of rotatable bonds is 3. The molecule has 1 heterocycles. The summed E-state index contributed by atoms with van der Waals surface area (Å²) in [5.41, 5.74) is -1.25. The Balaban J connectivity index is 2.50. The molecule has 1 aromatic carbocycles. The van der Waals surface area contributed by atoms with Crippen LogP contribution in [0.15, 0.2) is 23.8 Å². The molecule has 0 atom stereocenters. The summed E-state index contributed by atoms with van der Waals surface area (Å²) in [6, 6.07) is 2.71. The van der Waals surface area contributed by atoms with E-state index in [9.17, 15) is 22.8 Å². The summed E-state index contributed by atoms with van der Waals surface area (Å²) >= 11 is 0. The second-order valence-corrected chi connectivity index (χ2v) is 5.46. The van der Waals surface area contributed by atoms with Crippen molar-refractivity contribution < 1.29 is 47.0 Å². The second kappa shape index (κ2) is 6.41. The summed E-state index contributed by atoms with van der Waals surface area (Å²) in [6.07, 6.45) is -4.28. The van der Waals surface area contributed by atoms with E-state index >= 15 is 0 Å². The molecule has 1 fully saturated rings. The zero-order chi connectivity index (χ0) is 19.0. The highest BCUT2D eigenvalue weighted by molar-refractivity contribution is 6.58. The lowest BCUT2D eigenvalue weighted by atomic mass is 9.79. The molecule has 2 rings (SSSR count). The van der Waals surface area contributed by atoms with Crippen molar-refractivity contribution in [2.45, 2.75) is 26.0 Å². The fourth-order valence-corrected chi connectivity index (χ4v) is 1.99. The monoisotopic (exact) mass is 360 g/mol. The Morgan fingerprint density at radius 2 is 1.72 bits per heavy atom. The Bertz CT molecular complexity index is 718. The van der Waals surface area contributed by atoms with Crippen molar-refractivity contribution in [2.75, 3.05) is 0 Å². The van der Waals surface area contributed by atoms with Crippen LogP contribution >= 0.6 is 0 Å². The van der Waals surface area contributed by atoms with Crippen molar-refractivity contribution in [1.82, 2.24) is 0 Å². The average molecular weight is 360 g/mol. The molecule has 1 aliphatic heterocycles. The molecule has 7 nitrogen and oxygen atoms in total. The maximum Gasteiger partial charge on any atom is 0.573 e. The van der Waals surface area contributed by atoms with Crippen LogP contribution in [0, 0.1) is 0 Å². The van der Waals surface area contributed by atoms with E-state index in [-0.39, 0.29) is 5.46 Å². The summed E-state index contributed by atoms with van der Waals surface area (Å²) in [4.78, 5) is 23.8. The number of esters is 2. The Hall–Kier alpha value is -2.53. The normalized spacial score (nSPS) is 16.8. The first-order valence-corrected chi connectivity index (χ1v) is 6.82. The quantitative estimate of drug-likeness (QED) is 0.350. The van der Waals surface area contributed by atoms with Gasteiger partial charge < -0.3 is 24.3 Å². The van der Waals surface area contributed by atoms with Crippen molar-refractivity contribution in [1.29, 1.82) is 0 Å². The lowest BCUT2D eigenvalue weighted by Gasteiger charge is -2.29. The summed E-state index contributed by atoms with van der Waals surface area (Å²) in [6.45, 7) is 2.61. The van der Waals surface area contributed by atoms with E-state index < -0.39 is 48.1 Å². The number of hydrogen-bond donors (Lipinski definition) is 2. The average Bonchev–Trinajstić information content (AvgIpc) is 2.41. The van der Waals surface area contributed by atoms with E-state index in [1.807, 2.05) is 0 Å². The molecule has 0 radical (unpaired) electrons. The highest BCUT2D eigenvalue weighted by atomic mass is 19.4. The molecule has 0 unspecified atom stereocenters. The van der Waals surface area contributed by atoms with Gasteiger partial charge in [-0.3, -0.25) is 0 Å². The van der Waals surface area contributed by atoms with Gasteiger partial charge in [0.2, 0.25) is 0 Å². The van der Waals surface area contributed by atoms with Gasteiger partial charge in [-0.1, -0.05) is 12.1 Å². The Morgan fingerprint density at radius 3 is 2.20 bits per heavy atom. The topological polar surface area (TPSA) is 102 Å². The zero-order valence-electron chi connectivity index (χ0n) is 13.0. The van der Waals surface area contributed by atoms with Crippen LogP contribution in [0.1, 0.15) is 19.4 Å². The highest BCUT2D eigenvalue weighted by Gasteiger charge is 2.39. The minimum absolute atomic E-state index is 0.181. The van der Waals surface area contributed by atoms with Gasteiger partial charge in [0.25, 0.3) is 5.79 Å². The summed E-state index contributed by atoms with van der Waals surface area (Å²) < 4.78 is 50.9. The minimum Gasteiger partial charge on any atom is -0.423 e. The molecule has 1 aliphatic rings. The van der Waals surface area contributed by atoms with Crippen LogP contribution in [0.25, 0.3) is 6.08 Å². The molecular weight excluding hydrogens is 348 g/mol. The van der Waals surface area contributed by atoms with Gasteiger partial charge in [-0.15, -0.1) is 13.2 Å². The highest BCUT2D eigenvalue weighted by Crippen LogP contribution is 2.30. The smallest absolute Gasteiger partial charge is 0.423 e. The van der Waals surface area contributed by atoms with E-state index in [1.165, 1.54) is 13.8 Å². The molecule has 0 amide bonds. The number of halogens is 3. The molecule has 0 saturated carbocycles. The van der Waals surface area contributed by atoms with Gasteiger partial charge in [0.1, 0.15) is 11.3 Å². The number of carbonyl (C=O) groups is 2. The number of ether oxygens (including phenoxy) is 3. The number of benzene rings is 1. The first-order chi connectivity index (χ1) is 11.4. The van der Waals surface area contributed by atoms with Gasteiger partial charge in [0.15, 0.2) is 0 Å². The van der Waals surface area contributed by atoms with Crippen molar-refractivity contribution in [3.63, 3.8) is 0 Å². The third-order valence-electron chi connectivity index (χ3n) is 2.97. The molecule has 1 aromatic rings. The second-order valence-electron chi connectivity index (χ2n) is 5.46. The third-order valence-corrected chi connectivity index (χ3v) is 2.97. The van der Waals surface area contributed by atoms with Crippen LogP contribution in [0.2, 0.25) is 0 Å². The fraction of sp³-hybridized carbons (Fsp3) is 0.286. The molecule has 2 N–H and O–H groups in total. The zero-order valence-corrected chi connectivity index (χ0v) is 13.0. The number of carbonyl (C=O) groups excluding carboxylic acids is 2. The first kappa shape index (κ1) is 18.8. The molecule has 134 valence electrons. The van der Waals surface area contributed by atoms with Crippen LogP contribution in [-0.4, -0.2) is 41.3 Å². The molecular formula is C14H12BF3O7. The van der Waals surface area contributed by atoms with Crippen LogP contribution in [-0.2, 0) is 19.1 Å². The maximum atomic E-state index is 12.5. The first-order valence-electron chi connectivity index (χ1n) is 6.82. The minimum atomic E-state index is -5.04. The summed E-state index contributed by atoms with van der Waals surface area (Å²) in [5.74, 6) is -4.47. The van der Waals surface area contributed by atoms with Crippen LogP contribution in [0.3, 0.4) is 0 Å². The van der Waals surface area contributed by atoms with Crippen LogP contribution in [0.4, 0.5) is 13.2 Å². The lowest BCUT2D eigenvalue weighted by Crippen LogP contribution is -2.41. The van der Waals surface area contributed by atoms with Gasteiger partial charge in [-0.25, -0.2) is 9.59 Å². The van der Waals surface area contributed by atoms with Crippen molar-refractivity contribution >= 4 is 30.6 Å². The Morgan fingerprint density at radius 1 is 1.16 bits per heavy atom. The number of alkyl halides is 3. The third kappa shape index (κ3) is 4.73. The van der Waals surface area contributed by atoms with E-state index in [0.717, 1.165) is 24.3 Å². The standard InChI is InChI=1S/C14H12BF3O7/c1-13(2)24-11(19)9(12(20)25-13)6-7-5-8(15(21)22)3-4-10(7)23-14(16,17)18/h3-6,21-22H,1-2H3. The van der Waals surface area contributed by atoms with Crippen molar-refractivity contribution in [2.24, 2.45) is 0 Å². The van der Waals surface area contributed by atoms with Crippen molar-refractivity contribution in [3.8, 4) is 5.75 Å². The van der Waals surface area contributed by atoms with E-state index in [4.69, 9.17) is 19.5 Å². The molecule has 0 aromatic heterocycles. The molecule has 25 heavy (non-hydrogen) atoms. The molecule has 0 aliphatic carbocycles. The molecule has 11 heteroatoms. The number of hydrogen-bond acceptors (Lipinski definition) is 7. The van der Waals surface area contributed by atoms with Gasteiger partial charge in [-0.05, 0) is 17.6 Å². The Kier molecular flexibility index (Phi) is 4.82. The maximum absolute atomic E-state index is 12.5. The van der Waals surface area contributed by atoms with Gasteiger partial charge in [-0.2, -0.15) is 0 Å².